The molecule has 0 aliphatic carbocycles. The first-order valence-electron chi connectivity index (χ1n) is 6.07. The number of anilines is 2. The van der Waals surface area contributed by atoms with Gasteiger partial charge in [-0.3, -0.25) is 0 Å². The molecule has 0 unspecified atom stereocenters. The van der Waals surface area contributed by atoms with Crippen molar-refractivity contribution >= 4 is 27.3 Å². The fourth-order valence-corrected chi connectivity index (χ4v) is 2.44. The third-order valence-electron chi connectivity index (χ3n) is 3.08. The molecule has 0 saturated carbocycles. The first-order chi connectivity index (χ1) is 9.08. The maximum absolute atomic E-state index is 13.2. The number of hydrogen-bond acceptors (Lipinski definition) is 2. The van der Waals surface area contributed by atoms with Crippen LogP contribution in [0.3, 0.4) is 0 Å². The van der Waals surface area contributed by atoms with Gasteiger partial charge >= 0.3 is 0 Å². The molecule has 0 saturated heterocycles. The van der Waals surface area contributed by atoms with E-state index >= 15 is 0 Å². The zero-order valence-electron chi connectivity index (χ0n) is 10.7. The van der Waals surface area contributed by atoms with Crippen LogP contribution in [0.4, 0.5) is 15.8 Å². The van der Waals surface area contributed by atoms with E-state index in [1.54, 1.807) is 6.07 Å². The Morgan fingerprint density at radius 2 is 1.95 bits per heavy atom. The Morgan fingerprint density at radius 1 is 1.21 bits per heavy atom. The Hall–Kier alpha value is -1.55. The molecule has 19 heavy (non-hydrogen) atoms. The predicted octanol–water partition coefficient (Wildman–Crippen LogP) is 3.85. The minimum Gasteiger partial charge on any atom is -0.397 e. The second kappa shape index (κ2) is 6.06. The summed E-state index contributed by atoms with van der Waals surface area (Å²) in [5.41, 5.74) is 8.42. The standard InChI is InChI=1S/C15H16BrFN2/c1-19(15-10-12(17)6-7-14(15)18)9-8-11-4-2-3-5-13(11)16/h2-7,10H,8-9,18H2,1H3. The largest absolute Gasteiger partial charge is 0.397 e. The van der Waals surface area contributed by atoms with E-state index in [0.717, 1.165) is 23.1 Å². The van der Waals surface area contributed by atoms with Gasteiger partial charge in [-0.05, 0) is 36.2 Å². The summed E-state index contributed by atoms with van der Waals surface area (Å²) in [6, 6.07) is 12.5. The van der Waals surface area contributed by atoms with Crippen molar-refractivity contribution in [1.29, 1.82) is 0 Å². The van der Waals surface area contributed by atoms with Gasteiger partial charge in [-0.15, -0.1) is 0 Å². The van der Waals surface area contributed by atoms with Gasteiger partial charge in [0.25, 0.3) is 0 Å². The van der Waals surface area contributed by atoms with E-state index in [1.807, 2.05) is 30.1 Å². The molecule has 2 aromatic carbocycles. The second-order valence-corrected chi connectivity index (χ2v) is 5.32. The molecular formula is C15H16BrFN2. The van der Waals surface area contributed by atoms with Crippen molar-refractivity contribution in [3.8, 4) is 0 Å². The van der Waals surface area contributed by atoms with E-state index in [1.165, 1.54) is 17.7 Å². The van der Waals surface area contributed by atoms with E-state index in [-0.39, 0.29) is 5.82 Å². The highest BCUT2D eigenvalue weighted by molar-refractivity contribution is 9.10. The monoisotopic (exact) mass is 322 g/mol. The molecule has 0 heterocycles. The minimum absolute atomic E-state index is 0.267. The molecule has 0 aliphatic rings. The molecule has 0 aliphatic heterocycles. The molecule has 100 valence electrons. The third kappa shape index (κ3) is 3.47. The second-order valence-electron chi connectivity index (χ2n) is 4.47. The van der Waals surface area contributed by atoms with Gasteiger partial charge in [-0.2, -0.15) is 0 Å². The molecule has 2 aromatic rings. The van der Waals surface area contributed by atoms with Gasteiger partial charge in [0.05, 0.1) is 11.4 Å². The molecule has 2 N–H and O–H groups in total. The zero-order chi connectivity index (χ0) is 13.8. The van der Waals surface area contributed by atoms with E-state index in [9.17, 15) is 4.39 Å². The predicted molar refractivity (Wildman–Crippen MR) is 81.9 cm³/mol. The van der Waals surface area contributed by atoms with Gasteiger partial charge in [0.1, 0.15) is 5.82 Å². The Kier molecular flexibility index (Phi) is 4.43. The molecule has 0 amide bonds. The summed E-state index contributed by atoms with van der Waals surface area (Å²) in [7, 11) is 1.92. The molecule has 0 aromatic heterocycles. The van der Waals surface area contributed by atoms with Crippen molar-refractivity contribution < 1.29 is 4.39 Å². The van der Waals surface area contributed by atoms with Gasteiger partial charge in [0, 0.05) is 18.1 Å². The molecule has 0 fully saturated rings. The number of halogens is 2. The molecule has 2 rings (SSSR count). The van der Waals surface area contributed by atoms with Gasteiger partial charge < -0.3 is 10.6 Å². The number of hydrogen-bond donors (Lipinski definition) is 1. The lowest BCUT2D eigenvalue weighted by Crippen LogP contribution is -2.21. The van der Waals surface area contributed by atoms with Crippen LogP contribution in [-0.2, 0) is 6.42 Å². The SMILES string of the molecule is CN(CCc1ccccc1Br)c1cc(F)ccc1N. The van der Waals surface area contributed by atoms with Crippen LogP contribution in [-0.4, -0.2) is 13.6 Å². The minimum atomic E-state index is -0.267. The summed E-state index contributed by atoms with van der Waals surface area (Å²) in [6.45, 7) is 0.774. The summed E-state index contributed by atoms with van der Waals surface area (Å²) >= 11 is 3.53. The number of nitrogen functional groups attached to an aromatic ring is 1. The highest BCUT2D eigenvalue weighted by Crippen LogP contribution is 2.24. The van der Waals surface area contributed by atoms with Crippen LogP contribution in [0.1, 0.15) is 5.56 Å². The molecule has 0 radical (unpaired) electrons. The maximum atomic E-state index is 13.2. The topological polar surface area (TPSA) is 29.3 Å². The van der Waals surface area contributed by atoms with Gasteiger partial charge in [-0.1, -0.05) is 34.1 Å². The Balaban J connectivity index is 2.07. The lowest BCUT2D eigenvalue weighted by atomic mass is 10.1. The Bertz CT molecular complexity index is 572. The summed E-state index contributed by atoms with van der Waals surface area (Å²) in [6.07, 6.45) is 0.869. The van der Waals surface area contributed by atoms with Crippen LogP contribution in [0, 0.1) is 5.82 Å². The maximum Gasteiger partial charge on any atom is 0.125 e. The molecule has 2 nitrogen and oxygen atoms in total. The first-order valence-corrected chi connectivity index (χ1v) is 6.87. The molecule has 0 atom stereocenters. The number of likely N-dealkylation sites (N-methyl/N-ethyl adjacent to an activating group) is 1. The van der Waals surface area contributed by atoms with Crippen molar-refractivity contribution in [2.75, 3.05) is 24.2 Å². The van der Waals surface area contributed by atoms with Crippen LogP contribution in [0.15, 0.2) is 46.9 Å². The summed E-state index contributed by atoms with van der Waals surface area (Å²) < 4.78 is 14.3. The van der Waals surface area contributed by atoms with Crippen LogP contribution in [0.5, 0.6) is 0 Å². The summed E-state index contributed by atoms with van der Waals surface area (Å²) in [5, 5.41) is 0. The zero-order valence-corrected chi connectivity index (χ0v) is 12.3. The summed E-state index contributed by atoms with van der Waals surface area (Å²) in [5.74, 6) is -0.267. The van der Waals surface area contributed by atoms with Crippen molar-refractivity contribution in [2.24, 2.45) is 0 Å². The first kappa shape index (κ1) is 13.9. The van der Waals surface area contributed by atoms with E-state index in [0.29, 0.717) is 5.69 Å². The average molecular weight is 323 g/mol. The number of nitrogens with two attached hydrogens (primary N) is 1. The molecule has 0 bridgehead atoms. The van der Waals surface area contributed by atoms with Crippen LogP contribution >= 0.6 is 15.9 Å². The molecule has 4 heteroatoms. The van der Waals surface area contributed by atoms with Crippen molar-refractivity contribution in [3.63, 3.8) is 0 Å². The van der Waals surface area contributed by atoms with Crippen molar-refractivity contribution in [2.45, 2.75) is 6.42 Å². The fourth-order valence-electron chi connectivity index (χ4n) is 1.96. The fraction of sp³-hybridized carbons (Fsp3) is 0.200. The smallest absolute Gasteiger partial charge is 0.125 e. The van der Waals surface area contributed by atoms with Crippen molar-refractivity contribution in [1.82, 2.24) is 0 Å². The van der Waals surface area contributed by atoms with Crippen molar-refractivity contribution in [3.05, 3.63) is 58.3 Å². The number of nitrogens with zero attached hydrogens (tertiary/aromatic N) is 1. The number of rotatable bonds is 4. The lowest BCUT2D eigenvalue weighted by Gasteiger charge is -2.21. The van der Waals surface area contributed by atoms with Crippen LogP contribution < -0.4 is 10.6 Å². The normalized spacial score (nSPS) is 10.5. The van der Waals surface area contributed by atoms with Gasteiger partial charge in [0.2, 0.25) is 0 Å². The van der Waals surface area contributed by atoms with E-state index < -0.39 is 0 Å². The number of benzene rings is 2. The quantitative estimate of drug-likeness (QED) is 0.866. The third-order valence-corrected chi connectivity index (χ3v) is 3.85. The average Bonchev–Trinajstić information content (AvgIpc) is 2.40. The van der Waals surface area contributed by atoms with Gasteiger partial charge in [-0.25, -0.2) is 4.39 Å². The highest BCUT2D eigenvalue weighted by atomic mass is 79.9. The van der Waals surface area contributed by atoms with Gasteiger partial charge in [0.15, 0.2) is 0 Å². The van der Waals surface area contributed by atoms with E-state index in [2.05, 4.69) is 22.0 Å². The van der Waals surface area contributed by atoms with Crippen LogP contribution in [0.25, 0.3) is 0 Å². The Labute approximate surface area is 121 Å². The Morgan fingerprint density at radius 3 is 2.68 bits per heavy atom. The molecule has 0 spiro atoms. The lowest BCUT2D eigenvalue weighted by molar-refractivity contribution is 0.627. The molecular weight excluding hydrogens is 307 g/mol. The highest BCUT2D eigenvalue weighted by Gasteiger charge is 2.07. The summed E-state index contributed by atoms with van der Waals surface area (Å²) in [4.78, 5) is 1.97. The van der Waals surface area contributed by atoms with E-state index in [4.69, 9.17) is 5.73 Å². The van der Waals surface area contributed by atoms with Crippen LogP contribution in [0.2, 0.25) is 0 Å².